The Morgan fingerprint density at radius 3 is 2.56 bits per heavy atom. The molecule has 0 N–H and O–H groups in total. The molecule has 0 saturated carbocycles. The van der Waals surface area contributed by atoms with E-state index in [4.69, 9.17) is 0 Å². The van der Waals surface area contributed by atoms with Gasteiger partial charge in [-0.05, 0) is 39.4 Å². The molecule has 138 valence electrons. The van der Waals surface area contributed by atoms with E-state index < -0.39 is 0 Å². The van der Waals surface area contributed by atoms with Gasteiger partial charge in [-0.2, -0.15) is 0 Å². The highest BCUT2D eigenvalue weighted by atomic mass is 32.2. The van der Waals surface area contributed by atoms with Crippen LogP contribution < -0.4 is 4.90 Å². The highest BCUT2D eigenvalue weighted by molar-refractivity contribution is 8.00. The zero-order chi connectivity index (χ0) is 18.4. The summed E-state index contributed by atoms with van der Waals surface area (Å²) in [6.07, 6.45) is 0.965. The molecule has 1 aromatic carbocycles. The Labute approximate surface area is 155 Å². The second kappa shape index (κ2) is 9.25. The van der Waals surface area contributed by atoms with Gasteiger partial charge in [0, 0.05) is 29.8 Å². The average molecular weight is 364 g/mol. The van der Waals surface area contributed by atoms with Gasteiger partial charge in [-0.1, -0.05) is 19.1 Å². The van der Waals surface area contributed by atoms with Crippen molar-refractivity contribution in [3.63, 3.8) is 0 Å². The molecule has 0 saturated heterocycles. The minimum Gasteiger partial charge on any atom is -0.342 e. The van der Waals surface area contributed by atoms with Crippen molar-refractivity contribution in [2.45, 2.75) is 37.3 Å². The summed E-state index contributed by atoms with van der Waals surface area (Å²) < 4.78 is 0. The Morgan fingerprint density at radius 1 is 1.20 bits per heavy atom. The molecule has 1 aromatic rings. The van der Waals surface area contributed by atoms with E-state index in [2.05, 4.69) is 13.0 Å². The summed E-state index contributed by atoms with van der Waals surface area (Å²) in [5.74, 6) is 0.123. The van der Waals surface area contributed by atoms with Crippen LogP contribution in [0.5, 0.6) is 0 Å². The van der Waals surface area contributed by atoms with Gasteiger partial charge in [0.15, 0.2) is 0 Å². The summed E-state index contributed by atoms with van der Waals surface area (Å²) in [6.45, 7) is 8.79. The van der Waals surface area contributed by atoms with Crippen LogP contribution in [-0.2, 0) is 9.59 Å². The topological polar surface area (TPSA) is 43.9 Å². The molecule has 5 nitrogen and oxygen atoms in total. The molecule has 25 heavy (non-hydrogen) atoms. The van der Waals surface area contributed by atoms with E-state index in [1.807, 2.05) is 60.7 Å². The number of carbonyl (C=O) groups excluding carboxylic acids is 2. The Morgan fingerprint density at radius 2 is 1.88 bits per heavy atom. The molecule has 0 fully saturated rings. The minimum absolute atomic E-state index is 0.0528. The standard InChI is InChI=1S/C19H29N3O2S/c1-5-21(6-2)18(23)13-20(4)14-19(24)22-12-11-15(3)25-17-10-8-7-9-16(17)22/h7-10,15H,5-6,11-14H2,1-4H3. The van der Waals surface area contributed by atoms with Crippen LogP contribution >= 0.6 is 11.8 Å². The molecular formula is C19H29N3O2S. The molecule has 2 rings (SSSR count). The van der Waals surface area contributed by atoms with E-state index in [1.54, 1.807) is 4.90 Å². The van der Waals surface area contributed by atoms with Crippen LogP contribution in [0.3, 0.4) is 0 Å². The van der Waals surface area contributed by atoms with Crippen molar-refractivity contribution >= 4 is 29.3 Å². The van der Waals surface area contributed by atoms with Gasteiger partial charge in [-0.15, -0.1) is 11.8 Å². The third-order valence-corrected chi connectivity index (χ3v) is 5.71. The largest absolute Gasteiger partial charge is 0.342 e. The maximum absolute atomic E-state index is 12.9. The summed E-state index contributed by atoms with van der Waals surface area (Å²) in [4.78, 5) is 31.7. The zero-order valence-corrected chi connectivity index (χ0v) is 16.5. The van der Waals surface area contributed by atoms with Crippen molar-refractivity contribution in [3.8, 4) is 0 Å². The van der Waals surface area contributed by atoms with Gasteiger partial charge in [0.2, 0.25) is 11.8 Å². The van der Waals surface area contributed by atoms with Crippen LogP contribution in [-0.4, -0.2) is 66.6 Å². The van der Waals surface area contributed by atoms with E-state index in [1.165, 1.54) is 0 Å². The highest BCUT2D eigenvalue weighted by Gasteiger charge is 2.25. The van der Waals surface area contributed by atoms with E-state index >= 15 is 0 Å². The van der Waals surface area contributed by atoms with Crippen LogP contribution in [0.4, 0.5) is 5.69 Å². The maximum atomic E-state index is 12.9. The van der Waals surface area contributed by atoms with Crippen LogP contribution in [0, 0.1) is 0 Å². The average Bonchev–Trinajstić information content (AvgIpc) is 2.73. The Balaban J connectivity index is 2.04. The van der Waals surface area contributed by atoms with Gasteiger partial charge in [-0.25, -0.2) is 0 Å². The van der Waals surface area contributed by atoms with Gasteiger partial charge in [0.25, 0.3) is 0 Å². The lowest BCUT2D eigenvalue weighted by Crippen LogP contribution is -2.44. The van der Waals surface area contributed by atoms with Gasteiger partial charge in [-0.3, -0.25) is 14.5 Å². The summed E-state index contributed by atoms with van der Waals surface area (Å²) in [7, 11) is 1.83. The molecule has 0 aromatic heterocycles. The number of hydrogen-bond acceptors (Lipinski definition) is 4. The molecule has 1 unspecified atom stereocenters. The number of fused-ring (bicyclic) bond motifs is 1. The SMILES string of the molecule is CCN(CC)C(=O)CN(C)CC(=O)N1CCC(C)Sc2ccccc21. The van der Waals surface area contributed by atoms with Crippen molar-refractivity contribution in [2.75, 3.05) is 44.7 Å². The molecule has 0 spiro atoms. The number of nitrogens with zero attached hydrogens (tertiary/aromatic N) is 3. The monoisotopic (exact) mass is 363 g/mol. The second-order valence-electron chi connectivity index (χ2n) is 6.47. The molecule has 0 aliphatic carbocycles. The summed E-state index contributed by atoms with van der Waals surface area (Å²) >= 11 is 1.82. The Hall–Kier alpha value is -1.53. The van der Waals surface area contributed by atoms with Crippen LogP contribution in [0.1, 0.15) is 27.2 Å². The van der Waals surface area contributed by atoms with Crippen LogP contribution in [0.25, 0.3) is 0 Å². The molecule has 6 heteroatoms. The van der Waals surface area contributed by atoms with E-state index in [0.29, 0.717) is 18.3 Å². The molecule has 1 heterocycles. The fourth-order valence-electron chi connectivity index (χ4n) is 3.03. The molecule has 1 aliphatic rings. The highest BCUT2D eigenvalue weighted by Crippen LogP contribution is 2.37. The maximum Gasteiger partial charge on any atom is 0.241 e. The van der Waals surface area contributed by atoms with Crippen molar-refractivity contribution in [1.82, 2.24) is 9.80 Å². The predicted molar refractivity (Wildman–Crippen MR) is 104 cm³/mol. The normalized spacial score (nSPS) is 17.2. The number of hydrogen-bond donors (Lipinski definition) is 0. The summed E-state index contributed by atoms with van der Waals surface area (Å²) in [5, 5.41) is 0.487. The quantitative estimate of drug-likeness (QED) is 0.779. The first-order valence-corrected chi connectivity index (χ1v) is 9.86. The molecule has 1 aliphatic heterocycles. The molecular weight excluding hydrogens is 334 g/mol. The number of thioether (sulfide) groups is 1. The van der Waals surface area contributed by atoms with E-state index in [0.717, 1.165) is 23.5 Å². The Kier molecular flexibility index (Phi) is 7.32. The van der Waals surface area contributed by atoms with Crippen molar-refractivity contribution in [3.05, 3.63) is 24.3 Å². The fraction of sp³-hybridized carbons (Fsp3) is 0.579. The number of likely N-dealkylation sites (N-methyl/N-ethyl adjacent to an activating group) is 2. The molecule has 2 amide bonds. The number of carbonyl (C=O) groups is 2. The van der Waals surface area contributed by atoms with Gasteiger partial charge in [0.05, 0.1) is 18.8 Å². The third-order valence-electron chi connectivity index (χ3n) is 4.47. The Bertz CT molecular complexity index is 604. The number of para-hydroxylation sites is 1. The first-order chi connectivity index (χ1) is 12.0. The summed E-state index contributed by atoms with van der Waals surface area (Å²) in [5.41, 5.74) is 0.991. The smallest absolute Gasteiger partial charge is 0.241 e. The van der Waals surface area contributed by atoms with Gasteiger partial charge >= 0.3 is 0 Å². The van der Waals surface area contributed by atoms with E-state index in [-0.39, 0.29) is 24.9 Å². The predicted octanol–water partition coefficient (Wildman–Crippen LogP) is 2.70. The second-order valence-corrected chi connectivity index (χ2v) is 7.95. The lowest BCUT2D eigenvalue weighted by Gasteiger charge is -2.26. The van der Waals surface area contributed by atoms with Gasteiger partial charge in [0.1, 0.15) is 0 Å². The number of amides is 2. The van der Waals surface area contributed by atoms with E-state index in [9.17, 15) is 9.59 Å². The molecule has 0 bridgehead atoms. The number of benzene rings is 1. The van der Waals surface area contributed by atoms with Crippen LogP contribution in [0.15, 0.2) is 29.2 Å². The van der Waals surface area contributed by atoms with Gasteiger partial charge < -0.3 is 9.80 Å². The zero-order valence-electron chi connectivity index (χ0n) is 15.7. The first kappa shape index (κ1) is 19.8. The molecule has 0 radical (unpaired) electrons. The van der Waals surface area contributed by atoms with Crippen LogP contribution in [0.2, 0.25) is 0 Å². The van der Waals surface area contributed by atoms with Crippen molar-refractivity contribution < 1.29 is 9.59 Å². The fourth-order valence-corrected chi connectivity index (χ4v) is 4.14. The van der Waals surface area contributed by atoms with Crippen molar-refractivity contribution in [1.29, 1.82) is 0 Å². The molecule has 1 atom stereocenters. The lowest BCUT2D eigenvalue weighted by atomic mass is 10.2. The first-order valence-electron chi connectivity index (χ1n) is 8.98. The number of rotatable bonds is 6. The van der Waals surface area contributed by atoms with Crippen molar-refractivity contribution in [2.24, 2.45) is 0 Å². The minimum atomic E-state index is 0.0528. The third kappa shape index (κ3) is 5.22. The lowest BCUT2D eigenvalue weighted by molar-refractivity contribution is -0.132. The summed E-state index contributed by atoms with van der Waals surface area (Å²) in [6, 6.07) is 8.08. The number of anilines is 1.